The maximum Gasteiger partial charge on any atom is 0.0745 e. The highest BCUT2D eigenvalue weighted by Gasteiger charge is 2.15. The summed E-state index contributed by atoms with van der Waals surface area (Å²) >= 11 is 1.87. The molecule has 3 nitrogen and oxygen atoms in total. The Balaban J connectivity index is 2.26. The number of thioether (sulfide) groups is 1. The first-order valence-corrected chi connectivity index (χ1v) is 7.70. The predicted octanol–water partition coefficient (Wildman–Crippen LogP) is 3.32. The molecule has 1 unspecified atom stereocenters. The molecule has 0 saturated heterocycles. The lowest BCUT2D eigenvalue weighted by molar-refractivity contribution is 0.563. The highest BCUT2D eigenvalue weighted by Crippen LogP contribution is 2.24. The van der Waals surface area contributed by atoms with Crippen molar-refractivity contribution in [1.82, 2.24) is 15.1 Å². The average Bonchev–Trinajstić information content (AvgIpc) is 2.90. The van der Waals surface area contributed by atoms with Crippen LogP contribution < -0.4 is 5.32 Å². The molecule has 1 aromatic carbocycles. The number of aromatic nitrogens is 2. The summed E-state index contributed by atoms with van der Waals surface area (Å²) in [5, 5.41) is 7.73. The Bertz CT molecular complexity index is 504. The summed E-state index contributed by atoms with van der Waals surface area (Å²) in [6.07, 6.45) is 1.87. The zero-order valence-electron chi connectivity index (χ0n) is 11.8. The summed E-state index contributed by atoms with van der Waals surface area (Å²) in [5.74, 6) is 1.11. The van der Waals surface area contributed by atoms with Gasteiger partial charge in [0.05, 0.1) is 11.7 Å². The van der Waals surface area contributed by atoms with Crippen molar-refractivity contribution in [3.8, 4) is 0 Å². The van der Waals surface area contributed by atoms with Crippen molar-refractivity contribution in [2.24, 2.45) is 0 Å². The van der Waals surface area contributed by atoms with E-state index < -0.39 is 0 Å². The average molecular weight is 275 g/mol. The second kappa shape index (κ2) is 6.78. The Morgan fingerprint density at radius 2 is 1.95 bits per heavy atom. The minimum Gasteiger partial charge on any atom is -0.308 e. The maximum absolute atomic E-state index is 4.35. The van der Waals surface area contributed by atoms with Crippen LogP contribution in [0.2, 0.25) is 0 Å². The van der Waals surface area contributed by atoms with Gasteiger partial charge in [0, 0.05) is 17.6 Å². The van der Waals surface area contributed by atoms with Crippen LogP contribution in [0.15, 0.2) is 41.4 Å². The molecule has 0 aliphatic rings. The highest BCUT2D eigenvalue weighted by atomic mass is 32.2. The monoisotopic (exact) mass is 275 g/mol. The lowest BCUT2D eigenvalue weighted by Crippen LogP contribution is -2.21. The van der Waals surface area contributed by atoms with Gasteiger partial charge in [0.25, 0.3) is 0 Å². The van der Waals surface area contributed by atoms with Gasteiger partial charge in [-0.25, -0.2) is 0 Å². The van der Waals surface area contributed by atoms with E-state index in [0.717, 1.165) is 12.3 Å². The standard InChI is InChI=1S/C15H21N3S/c1-4-18-14(10-11-17-18)15(16-3)12-6-8-13(9-7-12)19-5-2/h6-11,15-16H,4-5H2,1-3H3. The number of aryl methyl sites for hydroxylation is 1. The molecule has 1 aromatic heterocycles. The molecule has 19 heavy (non-hydrogen) atoms. The van der Waals surface area contributed by atoms with Crippen LogP contribution in [0.25, 0.3) is 0 Å². The van der Waals surface area contributed by atoms with Crippen molar-refractivity contribution in [2.45, 2.75) is 31.3 Å². The van der Waals surface area contributed by atoms with Crippen LogP contribution in [0, 0.1) is 0 Å². The third-order valence-electron chi connectivity index (χ3n) is 3.16. The topological polar surface area (TPSA) is 29.9 Å². The van der Waals surface area contributed by atoms with Gasteiger partial charge in [-0.2, -0.15) is 5.10 Å². The van der Waals surface area contributed by atoms with Gasteiger partial charge in [-0.1, -0.05) is 19.1 Å². The minimum absolute atomic E-state index is 0.197. The molecule has 1 atom stereocenters. The van der Waals surface area contributed by atoms with Crippen molar-refractivity contribution in [3.05, 3.63) is 47.8 Å². The van der Waals surface area contributed by atoms with E-state index in [0.29, 0.717) is 0 Å². The van der Waals surface area contributed by atoms with E-state index >= 15 is 0 Å². The molecule has 0 radical (unpaired) electrons. The molecule has 102 valence electrons. The molecule has 0 aliphatic heterocycles. The van der Waals surface area contributed by atoms with Gasteiger partial charge >= 0.3 is 0 Å². The third-order valence-corrected chi connectivity index (χ3v) is 4.05. The molecule has 1 N–H and O–H groups in total. The fourth-order valence-corrected chi connectivity index (χ4v) is 2.92. The van der Waals surface area contributed by atoms with Gasteiger partial charge in [0.1, 0.15) is 0 Å². The van der Waals surface area contributed by atoms with Crippen molar-refractivity contribution >= 4 is 11.8 Å². The van der Waals surface area contributed by atoms with Gasteiger partial charge in [0.15, 0.2) is 0 Å². The molecule has 1 heterocycles. The van der Waals surface area contributed by atoms with Crippen LogP contribution in [-0.4, -0.2) is 22.6 Å². The Morgan fingerprint density at radius 3 is 2.53 bits per heavy atom. The zero-order valence-corrected chi connectivity index (χ0v) is 12.6. The van der Waals surface area contributed by atoms with E-state index in [2.05, 4.69) is 54.6 Å². The molecule has 0 amide bonds. The van der Waals surface area contributed by atoms with E-state index in [1.807, 2.05) is 29.7 Å². The summed E-state index contributed by atoms with van der Waals surface area (Å²) in [7, 11) is 1.99. The number of rotatable bonds is 6. The van der Waals surface area contributed by atoms with Gasteiger partial charge in [-0.15, -0.1) is 11.8 Å². The first-order chi connectivity index (χ1) is 9.30. The Morgan fingerprint density at radius 1 is 1.21 bits per heavy atom. The fourth-order valence-electron chi connectivity index (χ4n) is 2.26. The Hall–Kier alpha value is -1.26. The van der Waals surface area contributed by atoms with Crippen LogP contribution in [-0.2, 0) is 6.54 Å². The van der Waals surface area contributed by atoms with E-state index in [1.54, 1.807) is 0 Å². The lowest BCUT2D eigenvalue weighted by atomic mass is 10.0. The first kappa shape index (κ1) is 14.2. The SMILES string of the molecule is CCSc1ccc(C(NC)c2ccnn2CC)cc1. The van der Waals surface area contributed by atoms with Crippen LogP contribution in [0.5, 0.6) is 0 Å². The number of nitrogens with zero attached hydrogens (tertiary/aromatic N) is 2. The summed E-state index contributed by atoms with van der Waals surface area (Å²) in [6.45, 7) is 5.18. The van der Waals surface area contributed by atoms with Crippen molar-refractivity contribution in [3.63, 3.8) is 0 Å². The molecular weight excluding hydrogens is 254 g/mol. The van der Waals surface area contributed by atoms with Crippen LogP contribution in [0.1, 0.15) is 31.1 Å². The number of benzene rings is 1. The van der Waals surface area contributed by atoms with E-state index in [-0.39, 0.29) is 6.04 Å². The second-order valence-electron chi connectivity index (χ2n) is 4.30. The van der Waals surface area contributed by atoms with E-state index in [4.69, 9.17) is 0 Å². The van der Waals surface area contributed by atoms with Gasteiger partial charge in [0.2, 0.25) is 0 Å². The molecule has 0 fully saturated rings. The summed E-state index contributed by atoms with van der Waals surface area (Å²) in [4.78, 5) is 1.32. The van der Waals surface area contributed by atoms with Gasteiger partial charge in [-0.05, 0) is 43.5 Å². The number of nitrogens with one attached hydrogen (secondary N) is 1. The number of hydrogen-bond donors (Lipinski definition) is 1. The van der Waals surface area contributed by atoms with Crippen LogP contribution >= 0.6 is 11.8 Å². The van der Waals surface area contributed by atoms with Crippen molar-refractivity contribution in [2.75, 3.05) is 12.8 Å². The molecule has 4 heteroatoms. The predicted molar refractivity (Wildman–Crippen MR) is 81.6 cm³/mol. The molecule has 0 saturated carbocycles. The molecule has 0 spiro atoms. The molecule has 2 rings (SSSR count). The first-order valence-electron chi connectivity index (χ1n) is 6.71. The Kier molecular flexibility index (Phi) is 5.05. The molecule has 0 aliphatic carbocycles. The zero-order chi connectivity index (χ0) is 13.7. The summed E-state index contributed by atoms with van der Waals surface area (Å²) in [6, 6.07) is 11.1. The normalized spacial score (nSPS) is 12.6. The molecule has 2 aromatic rings. The second-order valence-corrected chi connectivity index (χ2v) is 5.63. The van der Waals surface area contributed by atoms with Crippen molar-refractivity contribution in [1.29, 1.82) is 0 Å². The summed E-state index contributed by atoms with van der Waals surface area (Å²) in [5.41, 5.74) is 2.49. The lowest BCUT2D eigenvalue weighted by Gasteiger charge is -2.18. The van der Waals surface area contributed by atoms with E-state index in [1.165, 1.54) is 16.2 Å². The van der Waals surface area contributed by atoms with Crippen LogP contribution in [0.4, 0.5) is 0 Å². The quantitative estimate of drug-likeness (QED) is 0.820. The molecule has 0 bridgehead atoms. The van der Waals surface area contributed by atoms with Crippen LogP contribution in [0.3, 0.4) is 0 Å². The van der Waals surface area contributed by atoms with Gasteiger partial charge < -0.3 is 5.32 Å². The summed E-state index contributed by atoms with van der Waals surface area (Å²) < 4.78 is 2.04. The van der Waals surface area contributed by atoms with Gasteiger partial charge in [-0.3, -0.25) is 4.68 Å². The smallest absolute Gasteiger partial charge is 0.0745 e. The number of hydrogen-bond acceptors (Lipinski definition) is 3. The maximum atomic E-state index is 4.35. The van der Waals surface area contributed by atoms with Crippen molar-refractivity contribution < 1.29 is 0 Å². The largest absolute Gasteiger partial charge is 0.308 e. The fraction of sp³-hybridized carbons (Fsp3) is 0.400. The highest BCUT2D eigenvalue weighted by molar-refractivity contribution is 7.99. The third kappa shape index (κ3) is 3.19. The molecular formula is C15H21N3S. The minimum atomic E-state index is 0.197. The van der Waals surface area contributed by atoms with E-state index in [9.17, 15) is 0 Å². The Labute approximate surface area is 119 Å².